The average Bonchev–Trinajstić information content (AvgIpc) is 2.64. The molecular formula is C18H23F3N2O4. The van der Waals surface area contributed by atoms with E-state index in [1.165, 1.54) is 6.07 Å². The molecule has 0 unspecified atom stereocenters. The molecule has 0 atom stereocenters. The highest BCUT2D eigenvalue weighted by Crippen LogP contribution is 2.30. The van der Waals surface area contributed by atoms with Gasteiger partial charge in [-0.2, -0.15) is 13.2 Å². The lowest BCUT2D eigenvalue weighted by Crippen LogP contribution is -2.41. The van der Waals surface area contributed by atoms with E-state index in [2.05, 4.69) is 10.3 Å². The van der Waals surface area contributed by atoms with Gasteiger partial charge in [0.2, 0.25) is 5.88 Å². The number of aromatic nitrogens is 1. The quantitative estimate of drug-likeness (QED) is 0.852. The topological polar surface area (TPSA) is 69.7 Å². The van der Waals surface area contributed by atoms with Crippen LogP contribution in [0.5, 0.6) is 5.88 Å². The number of hydrogen-bond acceptors (Lipinski definition) is 5. The summed E-state index contributed by atoms with van der Waals surface area (Å²) in [5.41, 5.74) is -0.800. The van der Waals surface area contributed by atoms with Gasteiger partial charge in [-0.25, -0.2) is 9.78 Å². The summed E-state index contributed by atoms with van der Waals surface area (Å²) in [7, 11) is 0. The van der Waals surface area contributed by atoms with E-state index in [4.69, 9.17) is 14.2 Å². The normalized spacial score (nSPS) is 24.3. The smallest absolute Gasteiger partial charge is 0.417 e. The average molecular weight is 388 g/mol. The molecule has 1 aliphatic carbocycles. The maximum absolute atomic E-state index is 12.5. The number of alkyl halides is 3. The predicted molar refractivity (Wildman–Crippen MR) is 89.4 cm³/mol. The molecule has 2 aliphatic rings. The monoisotopic (exact) mass is 388 g/mol. The highest BCUT2D eigenvalue weighted by atomic mass is 19.4. The number of ether oxygens (including phenoxy) is 3. The molecule has 0 spiro atoms. The summed E-state index contributed by atoms with van der Waals surface area (Å²) in [6.07, 6.45) is -0.0253. The lowest BCUT2D eigenvalue weighted by atomic mass is 9.93. The molecule has 9 heteroatoms. The van der Waals surface area contributed by atoms with E-state index < -0.39 is 17.8 Å². The van der Waals surface area contributed by atoms with Crippen LogP contribution in [0.15, 0.2) is 18.3 Å². The maximum Gasteiger partial charge on any atom is 0.417 e. The van der Waals surface area contributed by atoms with Crippen LogP contribution < -0.4 is 10.1 Å². The molecule has 1 saturated carbocycles. The Kier molecular flexibility index (Phi) is 6.41. The van der Waals surface area contributed by atoms with Crippen LogP contribution >= 0.6 is 0 Å². The van der Waals surface area contributed by atoms with Crippen LogP contribution in [0.4, 0.5) is 18.0 Å². The number of carbonyl (C=O) groups is 1. The van der Waals surface area contributed by atoms with E-state index in [1.807, 2.05) is 0 Å². The molecule has 0 bridgehead atoms. The Morgan fingerprint density at radius 1 is 1.07 bits per heavy atom. The highest BCUT2D eigenvalue weighted by Gasteiger charge is 2.31. The molecule has 27 heavy (non-hydrogen) atoms. The van der Waals surface area contributed by atoms with Gasteiger partial charge in [-0.15, -0.1) is 0 Å². The van der Waals surface area contributed by atoms with E-state index in [9.17, 15) is 18.0 Å². The van der Waals surface area contributed by atoms with Crippen molar-refractivity contribution in [2.24, 2.45) is 0 Å². The van der Waals surface area contributed by atoms with E-state index in [1.54, 1.807) is 0 Å². The van der Waals surface area contributed by atoms with Gasteiger partial charge < -0.3 is 19.5 Å². The number of hydrogen-bond donors (Lipinski definition) is 1. The van der Waals surface area contributed by atoms with Crippen molar-refractivity contribution in [3.8, 4) is 5.88 Å². The number of pyridine rings is 1. The second kappa shape index (κ2) is 8.77. The van der Waals surface area contributed by atoms with Gasteiger partial charge in [0, 0.05) is 31.1 Å². The number of carbonyl (C=O) groups excluding carboxylic acids is 1. The molecule has 2 fully saturated rings. The van der Waals surface area contributed by atoms with Crippen molar-refractivity contribution in [3.63, 3.8) is 0 Å². The van der Waals surface area contributed by atoms with Crippen molar-refractivity contribution in [2.45, 2.75) is 63.0 Å². The fraction of sp³-hybridized carbons (Fsp3) is 0.667. The summed E-state index contributed by atoms with van der Waals surface area (Å²) in [5.74, 6) is 0.179. The molecule has 0 aromatic carbocycles. The molecule has 3 rings (SSSR count). The van der Waals surface area contributed by atoms with Gasteiger partial charge in [-0.3, -0.25) is 0 Å². The van der Waals surface area contributed by atoms with Gasteiger partial charge in [-0.1, -0.05) is 0 Å². The van der Waals surface area contributed by atoms with Gasteiger partial charge in [0.25, 0.3) is 0 Å². The molecule has 1 aromatic rings. The third-order valence-corrected chi connectivity index (χ3v) is 4.79. The standard InChI is InChI=1S/C18H23F3N2O4/c19-18(20,21)12-1-6-16(22-11-12)26-14-4-2-13(3-5-14)23-17(24)27-15-7-9-25-10-8-15/h1,6,11,13-15H,2-5,7-10H2,(H,23,24). The SMILES string of the molecule is O=C(NC1CCC(Oc2ccc(C(F)(F)F)cn2)CC1)OC1CCOCC1. The highest BCUT2D eigenvalue weighted by molar-refractivity contribution is 5.67. The first-order chi connectivity index (χ1) is 12.9. The summed E-state index contributed by atoms with van der Waals surface area (Å²) in [5, 5.41) is 2.88. The Balaban J connectivity index is 1.39. The first kappa shape index (κ1) is 19.7. The molecule has 150 valence electrons. The first-order valence-electron chi connectivity index (χ1n) is 9.15. The molecule has 6 nitrogen and oxygen atoms in total. The molecule has 1 aromatic heterocycles. The molecule has 1 aliphatic heterocycles. The van der Waals surface area contributed by atoms with Gasteiger partial charge in [0.05, 0.1) is 18.8 Å². The number of nitrogens with one attached hydrogen (secondary N) is 1. The molecule has 0 radical (unpaired) electrons. The minimum absolute atomic E-state index is 0.0118. The molecule has 2 heterocycles. The zero-order valence-electron chi connectivity index (χ0n) is 14.8. The van der Waals surface area contributed by atoms with E-state index >= 15 is 0 Å². The Bertz CT molecular complexity index is 610. The molecule has 1 amide bonds. The van der Waals surface area contributed by atoms with Crippen molar-refractivity contribution in [1.29, 1.82) is 0 Å². The fourth-order valence-corrected chi connectivity index (χ4v) is 3.26. The summed E-state index contributed by atoms with van der Waals surface area (Å²) in [6, 6.07) is 2.21. The number of alkyl carbamates (subject to hydrolysis) is 1. The van der Waals surface area contributed by atoms with Gasteiger partial charge in [-0.05, 0) is 31.7 Å². The minimum Gasteiger partial charge on any atom is -0.474 e. The van der Waals surface area contributed by atoms with E-state index in [0.29, 0.717) is 51.7 Å². The Morgan fingerprint density at radius 2 is 1.78 bits per heavy atom. The number of amides is 1. The van der Waals surface area contributed by atoms with E-state index in [0.717, 1.165) is 12.3 Å². The third-order valence-electron chi connectivity index (χ3n) is 4.79. The zero-order valence-corrected chi connectivity index (χ0v) is 14.8. The second-order valence-corrected chi connectivity index (χ2v) is 6.84. The number of nitrogens with zero attached hydrogens (tertiary/aromatic N) is 1. The van der Waals surface area contributed by atoms with Gasteiger partial charge >= 0.3 is 12.3 Å². The van der Waals surface area contributed by atoms with E-state index in [-0.39, 0.29) is 24.1 Å². The van der Waals surface area contributed by atoms with Crippen LogP contribution in [0, 0.1) is 0 Å². The van der Waals surface area contributed by atoms with Crippen molar-refractivity contribution in [2.75, 3.05) is 13.2 Å². The van der Waals surface area contributed by atoms with Crippen LogP contribution in [0.2, 0.25) is 0 Å². The van der Waals surface area contributed by atoms with Gasteiger partial charge in [0.1, 0.15) is 12.2 Å². The largest absolute Gasteiger partial charge is 0.474 e. The Hall–Kier alpha value is -2.03. The lowest BCUT2D eigenvalue weighted by Gasteiger charge is -2.30. The van der Waals surface area contributed by atoms with Crippen molar-refractivity contribution >= 4 is 6.09 Å². The predicted octanol–water partition coefficient (Wildman–Crippen LogP) is 3.70. The lowest BCUT2D eigenvalue weighted by molar-refractivity contribution is -0.137. The summed E-state index contributed by atoms with van der Waals surface area (Å²) in [6.45, 7) is 1.22. The van der Waals surface area contributed by atoms with Crippen LogP contribution in [-0.2, 0) is 15.7 Å². The summed E-state index contributed by atoms with van der Waals surface area (Å²) < 4.78 is 53.9. The Labute approximate surface area is 155 Å². The first-order valence-corrected chi connectivity index (χ1v) is 9.15. The van der Waals surface area contributed by atoms with Gasteiger partial charge in [0.15, 0.2) is 0 Å². The third kappa shape index (κ3) is 5.98. The number of rotatable bonds is 4. The van der Waals surface area contributed by atoms with Crippen molar-refractivity contribution < 1.29 is 32.2 Å². The molecular weight excluding hydrogens is 365 g/mol. The van der Waals surface area contributed by atoms with Crippen molar-refractivity contribution in [3.05, 3.63) is 23.9 Å². The zero-order chi connectivity index (χ0) is 19.3. The second-order valence-electron chi connectivity index (χ2n) is 6.84. The van der Waals surface area contributed by atoms with Crippen LogP contribution in [-0.4, -0.2) is 42.5 Å². The molecule has 1 N–H and O–H groups in total. The number of halogens is 3. The van der Waals surface area contributed by atoms with Crippen LogP contribution in [0.25, 0.3) is 0 Å². The van der Waals surface area contributed by atoms with Crippen LogP contribution in [0.1, 0.15) is 44.1 Å². The molecule has 1 saturated heterocycles. The Morgan fingerprint density at radius 3 is 2.37 bits per heavy atom. The maximum atomic E-state index is 12.5. The van der Waals surface area contributed by atoms with Crippen molar-refractivity contribution in [1.82, 2.24) is 10.3 Å². The van der Waals surface area contributed by atoms with Crippen LogP contribution in [0.3, 0.4) is 0 Å². The minimum atomic E-state index is -4.41. The summed E-state index contributed by atoms with van der Waals surface area (Å²) >= 11 is 0. The summed E-state index contributed by atoms with van der Waals surface area (Å²) in [4.78, 5) is 15.7. The fourth-order valence-electron chi connectivity index (χ4n) is 3.26.